The number of hydroxylamine groups is 2. The van der Waals surface area contributed by atoms with Crippen LogP contribution in [0.5, 0.6) is 5.75 Å². The van der Waals surface area contributed by atoms with Crippen LogP contribution in [0.1, 0.15) is 19.4 Å². The maximum absolute atomic E-state index is 10.6. The van der Waals surface area contributed by atoms with E-state index in [1.54, 1.807) is 26.0 Å². The van der Waals surface area contributed by atoms with E-state index in [9.17, 15) is 10.0 Å². The fourth-order valence-corrected chi connectivity index (χ4v) is 2.09. The molecule has 0 heterocycles. The summed E-state index contributed by atoms with van der Waals surface area (Å²) in [6.45, 7) is 3.48. The van der Waals surface area contributed by atoms with E-state index in [-0.39, 0.29) is 6.10 Å². The summed E-state index contributed by atoms with van der Waals surface area (Å²) in [4.78, 5) is 10.6. The van der Waals surface area contributed by atoms with Gasteiger partial charge in [-0.25, -0.2) is 5.06 Å². The third-order valence-electron chi connectivity index (χ3n) is 3.73. The van der Waals surface area contributed by atoms with Crippen molar-refractivity contribution in [1.82, 2.24) is 5.06 Å². The van der Waals surface area contributed by atoms with E-state index < -0.39 is 6.04 Å². The predicted octanol–water partition coefficient (Wildman–Crippen LogP) is 3.23. The van der Waals surface area contributed by atoms with Crippen LogP contribution in [0.4, 0.5) is 0 Å². The Morgan fingerprint density at radius 2 is 1.61 bits per heavy atom. The van der Waals surface area contributed by atoms with E-state index in [1.807, 2.05) is 36.4 Å². The molecule has 5 nitrogen and oxygen atoms in total. The van der Waals surface area contributed by atoms with E-state index in [1.165, 1.54) is 0 Å². The molecule has 1 N–H and O–H groups in total. The van der Waals surface area contributed by atoms with Crippen LogP contribution in [0.25, 0.3) is 11.1 Å². The Morgan fingerprint density at radius 1 is 1.09 bits per heavy atom. The molecule has 0 radical (unpaired) electrons. The Labute approximate surface area is 135 Å². The Bertz CT molecular complexity index is 690. The first kappa shape index (κ1) is 16.5. The average molecular weight is 310 g/mol. The van der Waals surface area contributed by atoms with Crippen molar-refractivity contribution in [3.05, 3.63) is 54.1 Å². The van der Waals surface area contributed by atoms with Gasteiger partial charge in [-0.3, -0.25) is 10.0 Å². The molecule has 1 amide bonds. The maximum Gasteiger partial charge on any atom is 0.233 e. The largest absolute Gasteiger partial charge is 0.488 e. The highest BCUT2D eigenvalue weighted by molar-refractivity contribution is 5.64. The predicted molar refractivity (Wildman–Crippen MR) is 85.8 cm³/mol. The van der Waals surface area contributed by atoms with E-state index >= 15 is 0 Å². The van der Waals surface area contributed by atoms with Gasteiger partial charge in [0.2, 0.25) is 6.41 Å². The molecule has 0 aliphatic heterocycles. The lowest BCUT2D eigenvalue weighted by Gasteiger charge is -2.25. The van der Waals surface area contributed by atoms with Crippen molar-refractivity contribution in [3.8, 4) is 22.9 Å². The summed E-state index contributed by atoms with van der Waals surface area (Å²) in [6.07, 6.45) is 0.00406. The summed E-state index contributed by atoms with van der Waals surface area (Å²) in [6, 6.07) is 16.5. The molecule has 2 unspecified atom stereocenters. The van der Waals surface area contributed by atoms with E-state index in [0.29, 0.717) is 22.8 Å². The molecule has 2 aromatic rings. The zero-order valence-corrected chi connectivity index (χ0v) is 13.0. The minimum absolute atomic E-state index is 0.356. The molecule has 118 valence electrons. The number of hydrogen-bond acceptors (Lipinski definition) is 4. The first-order chi connectivity index (χ1) is 11.0. The second kappa shape index (κ2) is 7.43. The van der Waals surface area contributed by atoms with Crippen molar-refractivity contribution < 1.29 is 14.7 Å². The van der Waals surface area contributed by atoms with Crippen LogP contribution in [0.2, 0.25) is 0 Å². The van der Waals surface area contributed by atoms with Gasteiger partial charge in [-0.1, -0.05) is 24.3 Å². The summed E-state index contributed by atoms with van der Waals surface area (Å²) in [7, 11) is 0. The fourth-order valence-electron chi connectivity index (χ4n) is 2.09. The van der Waals surface area contributed by atoms with Gasteiger partial charge in [0, 0.05) is 0 Å². The van der Waals surface area contributed by atoms with Crippen molar-refractivity contribution in [2.45, 2.75) is 26.0 Å². The second-order valence-corrected chi connectivity index (χ2v) is 5.26. The number of nitriles is 1. The summed E-state index contributed by atoms with van der Waals surface area (Å²) in [5, 5.41) is 18.8. The molecule has 0 saturated carbocycles. The highest BCUT2D eigenvalue weighted by Crippen LogP contribution is 2.23. The Morgan fingerprint density at radius 3 is 2.09 bits per heavy atom. The smallest absolute Gasteiger partial charge is 0.233 e. The van der Waals surface area contributed by atoms with Crippen molar-refractivity contribution >= 4 is 6.41 Å². The molecule has 2 atom stereocenters. The molecule has 2 rings (SSSR count). The van der Waals surface area contributed by atoms with Crippen LogP contribution in [-0.2, 0) is 4.79 Å². The monoisotopic (exact) mass is 310 g/mol. The number of rotatable bonds is 6. The van der Waals surface area contributed by atoms with Crippen LogP contribution in [0, 0.1) is 11.3 Å². The lowest BCUT2D eigenvalue weighted by molar-refractivity contribution is -0.165. The fraction of sp³-hybridized carbons (Fsp3) is 0.222. The third kappa shape index (κ3) is 4.09. The molecule has 0 fully saturated rings. The highest BCUT2D eigenvalue weighted by atomic mass is 16.5. The minimum atomic E-state index is -0.453. The van der Waals surface area contributed by atoms with Gasteiger partial charge in [0.15, 0.2) is 0 Å². The Kier molecular flexibility index (Phi) is 5.34. The van der Waals surface area contributed by atoms with Gasteiger partial charge in [0.1, 0.15) is 11.9 Å². The topological polar surface area (TPSA) is 73.6 Å². The van der Waals surface area contributed by atoms with E-state index in [4.69, 9.17) is 10.00 Å². The van der Waals surface area contributed by atoms with Gasteiger partial charge in [0.25, 0.3) is 0 Å². The van der Waals surface area contributed by atoms with Gasteiger partial charge in [-0.05, 0) is 49.2 Å². The number of hydrogen-bond donors (Lipinski definition) is 1. The summed E-state index contributed by atoms with van der Waals surface area (Å²) in [5.74, 6) is 0.654. The first-order valence-electron chi connectivity index (χ1n) is 7.25. The average Bonchev–Trinajstić information content (AvgIpc) is 2.61. The lowest BCUT2D eigenvalue weighted by atomic mass is 10.0. The van der Waals surface area contributed by atoms with Gasteiger partial charge < -0.3 is 4.74 Å². The van der Waals surface area contributed by atoms with Crippen LogP contribution in [-0.4, -0.2) is 28.8 Å². The number of ether oxygens (including phenoxy) is 1. The molecule has 0 saturated heterocycles. The number of nitrogens with zero attached hydrogens (tertiary/aromatic N) is 2. The molecule has 5 heteroatoms. The summed E-state index contributed by atoms with van der Waals surface area (Å²) >= 11 is 0. The molecule has 0 aromatic heterocycles. The van der Waals surface area contributed by atoms with Gasteiger partial charge in [-0.2, -0.15) is 5.26 Å². The number of carbonyl (C=O) groups is 1. The first-order valence-corrected chi connectivity index (χ1v) is 7.25. The van der Waals surface area contributed by atoms with Crippen LogP contribution >= 0.6 is 0 Å². The Balaban J connectivity index is 2.07. The van der Waals surface area contributed by atoms with E-state index in [2.05, 4.69) is 6.07 Å². The van der Waals surface area contributed by atoms with Gasteiger partial charge in [-0.15, -0.1) is 0 Å². The normalized spacial score (nSPS) is 12.8. The molecular weight excluding hydrogens is 292 g/mol. The van der Waals surface area contributed by atoms with Crippen LogP contribution in [0.15, 0.2) is 48.5 Å². The number of benzene rings is 2. The van der Waals surface area contributed by atoms with Gasteiger partial charge >= 0.3 is 0 Å². The van der Waals surface area contributed by atoms with Crippen LogP contribution in [0.3, 0.4) is 0 Å². The Hall–Kier alpha value is -2.84. The zero-order chi connectivity index (χ0) is 16.8. The molecule has 2 aromatic carbocycles. The molecule has 0 aliphatic rings. The lowest BCUT2D eigenvalue weighted by Crippen LogP contribution is -2.40. The molecule has 0 spiro atoms. The zero-order valence-electron chi connectivity index (χ0n) is 13.0. The van der Waals surface area contributed by atoms with Crippen molar-refractivity contribution in [3.63, 3.8) is 0 Å². The molecule has 0 bridgehead atoms. The second-order valence-electron chi connectivity index (χ2n) is 5.26. The SMILES string of the molecule is CC(Oc1ccc(-c2ccc(C#N)cc2)cc1)C(C)N(O)C=O. The van der Waals surface area contributed by atoms with Crippen molar-refractivity contribution in [2.24, 2.45) is 0 Å². The molecular formula is C18H18N2O3. The third-order valence-corrected chi connectivity index (χ3v) is 3.73. The van der Waals surface area contributed by atoms with Crippen LogP contribution < -0.4 is 4.74 Å². The summed E-state index contributed by atoms with van der Waals surface area (Å²) in [5.41, 5.74) is 2.65. The van der Waals surface area contributed by atoms with Crippen molar-refractivity contribution in [2.75, 3.05) is 0 Å². The quantitative estimate of drug-likeness (QED) is 0.505. The minimum Gasteiger partial charge on any atom is -0.488 e. The molecule has 0 aliphatic carbocycles. The maximum atomic E-state index is 10.6. The molecule has 23 heavy (non-hydrogen) atoms. The van der Waals surface area contributed by atoms with E-state index in [0.717, 1.165) is 11.1 Å². The summed E-state index contributed by atoms with van der Waals surface area (Å²) < 4.78 is 5.72. The standard InChI is InChI=1S/C18H18N2O3/c1-13(20(22)12-21)14(2)23-18-9-7-17(8-10-18)16-5-3-15(11-19)4-6-16/h3-10,12-14,22H,1-2H3. The number of carbonyl (C=O) groups excluding carboxylic acids is 1. The number of amides is 1. The van der Waals surface area contributed by atoms with Crippen molar-refractivity contribution in [1.29, 1.82) is 5.26 Å². The highest BCUT2D eigenvalue weighted by Gasteiger charge is 2.19. The van der Waals surface area contributed by atoms with Gasteiger partial charge in [0.05, 0.1) is 17.7 Å².